The minimum atomic E-state index is -2.69. The third kappa shape index (κ3) is 5.16. The molecule has 0 amide bonds. The van der Waals surface area contributed by atoms with E-state index in [-0.39, 0.29) is 0 Å². The highest BCUT2D eigenvalue weighted by molar-refractivity contribution is 4.73. The van der Waals surface area contributed by atoms with Gasteiger partial charge in [-0.3, -0.25) is 0 Å². The maximum absolute atomic E-state index is 12.3. The van der Waals surface area contributed by atoms with Crippen LogP contribution in [-0.4, -0.2) is 31.7 Å². The third-order valence-electron chi connectivity index (χ3n) is 2.13. The molecular weight excluding hydrogens is 176 g/mol. The molecule has 0 bridgehead atoms. The molecule has 0 saturated carbocycles. The van der Waals surface area contributed by atoms with Gasteiger partial charge in [-0.05, 0) is 25.8 Å². The SMILES string of the molecule is CC(F)(F)COCCC1CCCN1. The van der Waals surface area contributed by atoms with Crippen molar-refractivity contribution in [2.24, 2.45) is 0 Å². The summed E-state index contributed by atoms with van der Waals surface area (Å²) in [7, 11) is 0. The fraction of sp³-hybridized carbons (Fsp3) is 1.00. The lowest BCUT2D eigenvalue weighted by molar-refractivity contribution is -0.0635. The molecule has 0 aromatic rings. The molecular formula is C9H17F2NO. The second-order valence-corrected chi connectivity index (χ2v) is 3.70. The largest absolute Gasteiger partial charge is 0.375 e. The van der Waals surface area contributed by atoms with Crippen LogP contribution in [0.2, 0.25) is 0 Å². The molecule has 0 aromatic carbocycles. The minimum absolute atomic E-state index is 0.432. The zero-order valence-corrected chi connectivity index (χ0v) is 7.98. The monoisotopic (exact) mass is 193 g/mol. The van der Waals surface area contributed by atoms with Gasteiger partial charge >= 0.3 is 0 Å². The van der Waals surface area contributed by atoms with Crippen molar-refractivity contribution in [3.63, 3.8) is 0 Å². The molecule has 0 radical (unpaired) electrons. The van der Waals surface area contributed by atoms with Crippen LogP contribution < -0.4 is 5.32 Å². The van der Waals surface area contributed by atoms with Crippen molar-refractivity contribution in [2.75, 3.05) is 19.8 Å². The minimum Gasteiger partial charge on any atom is -0.375 e. The van der Waals surface area contributed by atoms with Crippen LogP contribution in [0, 0.1) is 0 Å². The van der Waals surface area contributed by atoms with E-state index in [2.05, 4.69) is 5.32 Å². The summed E-state index contributed by atoms with van der Waals surface area (Å²) >= 11 is 0. The summed E-state index contributed by atoms with van der Waals surface area (Å²) in [6.07, 6.45) is 3.18. The molecule has 2 nitrogen and oxygen atoms in total. The van der Waals surface area contributed by atoms with E-state index in [0.717, 1.165) is 26.3 Å². The molecule has 1 N–H and O–H groups in total. The number of halogens is 2. The number of hydrogen-bond donors (Lipinski definition) is 1. The van der Waals surface area contributed by atoms with Crippen molar-refractivity contribution in [1.29, 1.82) is 0 Å². The van der Waals surface area contributed by atoms with Crippen LogP contribution in [0.5, 0.6) is 0 Å². The van der Waals surface area contributed by atoms with Crippen LogP contribution in [0.25, 0.3) is 0 Å². The van der Waals surface area contributed by atoms with Gasteiger partial charge in [-0.15, -0.1) is 0 Å². The van der Waals surface area contributed by atoms with Gasteiger partial charge in [0.05, 0.1) is 0 Å². The second-order valence-electron chi connectivity index (χ2n) is 3.70. The molecule has 1 unspecified atom stereocenters. The molecule has 1 saturated heterocycles. The molecule has 1 aliphatic heterocycles. The van der Waals surface area contributed by atoms with Gasteiger partial charge in [0.1, 0.15) is 6.61 Å². The Kier molecular flexibility index (Phi) is 4.06. The van der Waals surface area contributed by atoms with Gasteiger partial charge in [-0.2, -0.15) is 0 Å². The Labute approximate surface area is 77.6 Å². The van der Waals surface area contributed by atoms with Crippen LogP contribution >= 0.6 is 0 Å². The van der Waals surface area contributed by atoms with Gasteiger partial charge in [0.25, 0.3) is 5.92 Å². The van der Waals surface area contributed by atoms with E-state index in [1.165, 1.54) is 6.42 Å². The number of alkyl halides is 2. The van der Waals surface area contributed by atoms with E-state index in [1.54, 1.807) is 0 Å². The number of hydrogen-bond acceptors (Lipinski definition) is 2. The maximum Gasteiger partial charge on any atom is 0.268 e. The summed E-state index contributed by atoms with van der Waals surface area (Å²) in [6.45, 7) is 1.90. The quantitative estimate of drug-likeness (QED) is 0.672. The Morgan fingerprint density at radius 3 is 2.85 bits per heavy atom. The van der Waals surface area contributed by atoms with Crippen LogP contribution in [0.4, 0.5) is 8.78 Å². The summed E-state index contributed by atoms with van der Waals surface area (Å²) in [4.78, 5) is 0. The molecule has 0 spiro atoms. The van der Waals surface area contributed by atoms with Crippen LogP contribution in [0.3, 0.4) is 0 Å². The van der Waals surface area contributed by atoms with E-state index < -0.39 is 12.5 Å². The Bertz CT molecular complexity index is 141. The van der Waals surface area contributed by atoms with Crippen molar-refractivity contribution >= 4 is 0 Å². The summed E-state index contributed by atoms with van der Waals surface area (Å²) in [5, 5.41) is 3.29. The molecule has 13 heavy (non-hydrogen) atoms. The first-order valence-electron chi connectivity index (χ1n) is 4.77. The van der Waals surface area contributed by atoms with Gasteiger partial charge in [-0.1, -0.05) is 0 Å². The summed E-state index contributed by atoms with van der Waals surface area (Å²) < 4.78 is 29.4. The first-order chi connectivity index (χ1) is 6.08. The van der Waals surface area contributed by atoms with Gasteiger partial charge in [0.2, 0.25) is 0 Å². The predicted octanol–water partition coefficient (Wildman–Crippen LogP) is 1.80. The summed E-state index contributed by atoms with van der Waals surface area (Å²) in [5.41, 5.74) is 0. The van der Waals surface area contributed by atoms with Gasteiger partial charge < -0.3 is 10.1 Å². The van der Waals surface area contributed by atoms with Crippen molar-refractivity contribution in [2.45, 2.75) is 38.2 Å². The molecule has 1 heterocycles. The lowest BCUT2D eigenvalue weighted by Crippen LogP contribution is -2.25. The highest BCUT2D eigenvalue weighted by Gasteiger charge is 2.21. The second kappa shape index (κ2) is 4.86. The lowest BCUT2D eigenvalue weighted by atomic mass is 10.2. The van der Waals surface area contributed by atoms with E-state index in [4.69, 9.17) is 4.74 Å². The fourth-order valence-corrected chi connectivity index (χ4v) is 1.48. The summed E-state index contributed by atoms with van der Waals surface area (Å²) in [5.74, 6) is -2.69. The molecule has 1 aliphatic rings. The predicted molar refractivity (Wildman–Crippen MR) is 47.1 cm³/mol. The molecule has 1 rings (SSSR count). The van der Waals surface area contributed by atoms with E-state index in [1.807, 2.05) is 0 Å². The maximum atomic E-state index is 12.3. The van der Waals surface area contributed by atoms with E-state index in [9.17, 15) is 8.78 Å². The van der Waals surface area contributed by atoms with Crippen LogP contribution in [-0.2, 0) is 4.74 Å². The molecule has 0 aliphatic carbocycles. The first-order valence-corrected chi connectivity index (χ1v) is 4.77. The Morgan fingerprint density at radius 1 is 1.54 bits per heavy atom. The molecule has 78 valence electrons. The third-order valence-corrected chi connectivity index (χ3v) is 2.13. The van der Waals surface area contributed by atoms with Gasteiger partial charge in [-0.25, -0.2) is 8.78 Å². The molecule has 4 heteroatoms. The normalized spacial score (nSPS) is 23.8. The Balaban J connectivity index is 1.94. The van der Waals surface area contributed by atoms with Crippen LogP contribution in [0.15, 0.2) is 0 Å². The van der Waals surface area contributed by atoms with E-state index >= 15 is 0 Å². The average Bonchev–Trinajstić information content (AvgIpc) is 2.48. The summed E-state index contributed by atoms with van der Waals surface area (Å²) in [6, 6.07) is 0.477. The Morgan fingerprint density at radius 2 is 2.31 bits per heavy atom. The smallest absolute Gasteiger partial charge is 0.268 e. The average molecular weight is 193 g/mol. The van der Waals surface area contributed by atoms with Crippen molar-refractivity contribution < 1.29 is 13.5 Å². The molecule has 1 atom stereocenters. The highest BCUT2D eigenvalue weighted by Crippen LogP contribution is 2.13. The first kappa shape index (κ1) is 10.9. The number of nitrogens with one attached hydrogen (secondary N) is 1. The van der Waals surface area contributed by atoms with Gasteiger partial charge in [0, 0.05) is 19.6 Å². The van der Waals surface area contributed by atoms with Crippen molar-refractivity contribution in [3.05, 3.63) is 0 Å². The Hall–Kier alpha value is -0.220. The highest BCUT2D eigenvalue weighted by atomic mass is 19.3. The van der Waals surface area contributed by atoms with Crippen molar-refractivity contribution in [3.8, 4) is 0 Å². The topological polar surface area (TPSA) is 21.3 Å². The fourth-order valence-electron chi connectivity index (χ4n) is 1.48. The standard InChI is InChI=1S/C9H17F2NO/c1-9(10,11)7-13-6-4-8-3-2-5-12-8/h8,12H,2-7H2,1H3. The number of ether oxygens (including phenoxy) is 1. The lowest BCUT2D eigenvalue weighted by Gasteiger charge is -2.13. The zero-order chi connectivity index (χ0) is 9.73. The van der Waals surface area contributed by atoms with Crippen LogP contribution in [0.1, 0.15) is 26.2 Å². The number of rotatable bonds is 5. The molecule has 0 aromatic heterocycles. The molecule has 1 fully saturated rings. The van der Waals surface area contributed by atoms with E-state index in [0.29, 0.717) is 12.6 Å². The van der Waals surface area contributed by atoms with Gasteiger partial charge in [0.15, 0.2) is 0 Å². The zero-order valence-electron chi connectivity index (χ0n) is 7.98. The van der Waals surface area contributed by atoms with Crippen molar-refractivity contribution in [1.82, 2.24) is 5.32 Å².